The molecule has 2 atom stereocenters. The Hall–Kier alpha value is -1.88. The first kappa shape index (κ1) is 32.6. The van der Waals surface area contributed by atoms with Crippen molar-refractivity contribution in [3.8, 4) is 0 Å². The third kappa shape index (κ3) is 6.45. The summed E-state index contributed by atoms with van der Waals surface area (Å²) in [7, 11) is -5.09. The van der Waals surface area contributed by atoms with E-state index in [1.165, 1.54) is 40.9 Å². The molecular weight excluding hydrogens is 589 g/mol. The number of rotatable bonds is 9. The lowest BCUT2D eigenvalue weighted by atomic mass is 9.95. The highest BCUT2D eigenvalue weighted by Crippen LogP contribution is 2.39. The Kier molecular flexibility index (Phi) is 9.61. The van der Waals surface area contributed by atoms with Gasteiger partial charge in [-0.15, -0.1) is 12.6 Å². The first-order valence-electron chi connectivity index (χ1n) is 12.5. The van der Waals surface area contributed by atoms with Gasteiger partial charge in [-0.3, -0.25) is 0 Å². The van der Waals surface area contributed by atoms with Gasteiger partial charge in [0.05, 0.1) is 10.9 Å². The largest absolute Gasteiger partial charge is 0.421 e. The molecule has 0 radical (unpaired) electrons. The quantitative estimate of drug-likeness (QED) is 0.416. The fraction of sp³-hybridized carbons (Fsp3) is 0.520. The lowest BCUT2D eigenvalue weighted by Gasteiger charge is -2.44. The van der Waals surface area contributed by atoms with Gasteiger partial charge in [0.1, 0.15) is 0 Å². The van der Waals surface area contributed by atoms with Crippen LogP contribution >= 0.6 is 12.6 Å². The molecule has 0 amide bonds. The fourth-order valence-electron chi connectivity index (χ4n) is 4.49. The summed E-state index contributed by atoms with van der Waals surface area (Å²) in [5.41, 5.74) is -2.96. The highest BCUT2D eigenvalue weighted by Gasteiger charge is 2.51. The molecule has 1 heterocycles. The van der Waals surface area contributed by atoms with E-state index >= 15 is 0 Å². The van der Waals surface area contributed by atoms with Crippen LogP contribution in [-0.2, 0) is 25.8 Å². The maximum atomic E-state index is 13.6. The van der Waals surface area contributed by atoms with E-state index in [9.17, 15) is 35.1 Å². The number of sulfonamides is 1. The van der Waals surface area contributed by atoms with Crippen LogP contribution in [0.25, 0.3) is 0 Å². The summed E-state index contributed by atoms with van der Waals surface area (Å²) >= 11 is 4.29. The molecule has 1 aliphatic rings. The highest BCUT2D eigenvalue weighted by atomic mass is 32.2. The molecule has 15 heteroatoms. The molecule has 1 fully saturated rings. The smallest absolute Gasteiger partial charge is 0.376 e. The van der Waals surface area contributed by atoms with Gasteiger partial charge in [-0.2, -0.15) is 34.5 Å². The van der Waals surface area contributed by atoms with Crippen LogP contribution < -0.4 is 4.90 Å². The van der Waals surface area contributed by atoms with Gasteiger partial charge < -0.3 is 10.0 Å². The molecule has 0 aliphatic carbocycles. The number of anilines is 1. The van der Waals surface area contributed by atoms with Crippen molar-refractivity contribution < 1.29 is 35.1 Å². The molecule has 0 bridgehead atoms. The number of nitrogens with zero attached hydrogens (tertiary/aromatic N) is 4. The van der Waals surface area contributed by atoms with E-state index in [4.69, 9.17) is 0 Å². The molecule has 0 saturated carbocycles. The first-order chi connectivity index (χ1) is 18.3. The number of thiol groups is 1. The van der Waals surface area contributed by atoms with E-state index in [2.05, 4.69) is 12.6 Å². The molecule has 224 valence electrons. The third-order valence-electron chi connectivity index (χ3n) is 6.97. The van der Waals surface area contributed by atoms with E-state index in [-0.39, 0.29) is 41.5 Å². The van der Waals surface area contributed by atoms with Crippen molar-refractivity contribution in [1.29, 1.82) is 0 Å². The summed E-state index contributed by atoms with van der Waals surface area (Å²) in [6, 6.07) is 10.2. The number of halogens is 3. The van der Waals surface area contributed by atoms with Gasteiger partial charge in [0, 0.05) is 56.9 Å². The number of benzene rings is 2. The topological polar surface area (TPSA) is 101 Å². The summed E-state index contributed by atoms with van der Waals surface area (Å²) in [6.07, 6.45) is -4.89. The Labute approximate surface area is 239 Å². The van der Waals surface area contributed by atoms with Crippen molar-refractivity contribution in [3.05, 3.63) is 54.1 Å². The zero-order valence-corrected chi connectivity index (χ0v) is 25.4. The summed E-state index contributed by atoms with van der Waals surface area (Å²) in [5.74, 6) is 0. The maximum Gasteiger partial charge on any atom is 0.421 e. The Morgan fingerprint density at radius 3 is 2.10 bits per heavy atom. The highest BCUT2D eigenvalue weighted by molar-refractivity contribution is 7.90. The molecule has 40 heavy (non-hydrogen) atoms. The number of hydrogen-bond donors (Lipinski definition) is 2. The predicted molar refractivity (Wildman–Crippen MR) is 150 cm³/mol. The van der Waals surface area contributed by atoms with Gasteiger partial charge in [0.25, 0.3) is 10.2 Å². The second-order valence-corrected chi connectivity index (χ2v) is 14.7. The molecule has 3 rings (SSSR count). The molecule has 0 spiro atoms. The second-order valence-electron chi connectivity index (χ2n) is 10.2. The number of alkyl halides is 3. The second kappa shape index (κ2) is 11.8. The normalized spacial score (nSPS) is 19.4. The number of hydrogen-bond acceptors (Lipinski definition) is 7. The minimum absolute atomic E-state index is 0.0193. The van der Waals surface area contributed by atoms with E-state index in [0.29, 0.717) is 12.6 Å². The van der Waals surface area contributed by atoms with Gasteiger partial charge in [0.2, 0.25) is 10.0 Å². The lowest BCUT2D eigenvalue weighted by molar-refractivity contribution is -0.258. The summed E-state index contributed by atoms with van der Waals surface area (Å²) in [5, 5.41) is 10.1. The Morgan fingerprint density at radius 2 is 1.60 bits per heavy atom. The van der Waals surface area contributed by atoms with Gasteiger partial charge in [-0.05, 0) is 50.6 Å². The Morgan fingerprint density at radius 1 is 1.02 bits per heavy atom. The monoisotopic (exact) mass is 624 g/mol. The minimum Gasteiger partial charge on any atom is -0.376 e. The first-order valence-corrected chi connectivity index (χ1v) is 15.7. The average molecular weight is 625 g/mol. The number of aliphatic hydroxyl groups is 1. The minimum atomic E-state index is -4.89. The van der Waals surface area contributed by atoms with Gasteiger partial charge in [-0.25, -0.2) is 8.42 Å². The van der Waals surface area contributed by atoms with E-state index in [1.807, 2.05) is 0 Å². The fourth-order valence-corrected chi connectivity index (χ4v) is 7.86. The molecule has 9 nitrogen and oxygen atoms in total. The summed E-state index contributed by atoms with van der Waals surface area (Å²) in [6.45, 7) is 4.09. The molecule has 2 aromatic rings. The van der Waals surface area contributed by atoms with E-state index in [0.717, 1.165) is 16.4 Å². The summed E-state index contributed by atoms with van der Waals surface area (Å²) in [4.78, 5) is 2.07. The average Bonchev–Trinajstić information content (AvgIpc) is 2.86. The molecule has 0 aromatic heterocycles. The third-order valence-corrected chi connectivity index (χ3v) is 11.5. The van der Waals surface area contributed by atoms with Crippen molar-refractivity contribution in [3.63, 3.8) is 0 Å². The van der Waals surface area contributed by atoms with Crippen LogP contribution in [0.2, 0.25) is 0 Å². The van der Waals surface area contributed by atoms with Crippen LogP contribution in [-0.4, -0.2) is 93.4 Å². The van der Waals surface area contributed by atoms with Crippen molar-refractivity contribution in [1.82, 2.24) is 12.9 Å². The van der Waals surface area contributed by atoms with E-state index in [1.54, 1.807) is 36.9 Å². The van der Waals surface area contributed by atoms with Crippen molar-refractivity contribution in [2.45, 2.75) is 54.4 Å². The van der Waals surface area contributed by atoms with Crippen LogP contribution in [0, 0.1) is 0 Å². The molecule has 2 aromatic carbocycles. The van der Waals surface area contributed by atoms with Gasteiger partial charge in [-0.1, -0.05) is 24.3 Å². The Bertz CT molecular complexity index is 1400. The van der Waals surface area contributed by atoms with Crippen LogP contribution in [0.5, 0.6) is 0 Å². The molecular formula is C25H35F3N4O5S3. The standard InChI is InChI=1S/C25H35F3N4O5S3/c1-18(2)32(40(36,37)29(4)5)17-21-16-30(39(34,35)23-9-7-6-8-22(23)38)14-15-31(21)20-12-10-19(11-13-20)24(3,33)25(26,27)28/h6-13,18,21,33,38H,14-17H2,1-5H3/t21-,24-/m1/s1. The van der Waals surface area contributed by atoms with Gasteiger partial charge >= 0.3 is 6.18 Å². The van der Waals surface area contributed by atoms with Crippen molar-refractivity contribution >= 4 is 38.5 Å². The van der Waals surface area contributed by atoms with Crippen LogP contribution in [0.4, 0.5) is 18.9 Å². The van der Waals surface area contributed by atoms with Gasteiger partial charge in [0.15, 0.2) is 5.60 Å². The molecule has 1 N–H and O–H groups in total. The SMILES string of the molecule is CC(C)N(C[C@H]1CN(S(=O)(=O)c2ccccc2S)CCN1c1ccc([C@@](C)(O)C(F)(F)F)cc1)S(=O)(=O)N(C)C. The van der Waals surface area contributed by atoms with Crippen molar-refractivity contribution in [2.75, 3.05) is 45.2 Å². The van der Waals surface area contributed by atoms with Crippen molar-refractivity contribution in [2.24, 2.45) is 0 Å². The van der Waals surface area contributed by atoms with E-state index < -0.39 is 44.1 Å². The van der Waals surface area contributed by atoms with Crippen LogP contribution in [0.15, 0.2) is 58.3 Å². The lowest BCUT2D eigenvalue weighted by Crippen LogP contribution is -2.60. The zero-order valence-electron chi connectivity index (χ0n) is 22.9. The predicted octanol–water partition coefficient (Wildman–Crippen LogP) is 3.14. The number of piperazine rings is 1. The van der Waals surface area contributed by atoms with Crippen LogP contribution in [0.1, 0.15) is 26.3 Å². The zero-order chi connectivity index (χ0) is 30.3. The molecule has 1 saturated heterocycles. The van der Waals surface area contributed by atoms with Crippen LogP contribution in [0.3, 0.4) is 0 Å². The Balaban J connectivity index is 2.03. The summed E-state index contributed by atoms with van der Waals surface area (Å²) < 4.78 is 97.1. The molecule has 0 unspecified atom stereocenters. The molecule has 1 aliphatic heterocycles. The maximum absolute atomic E-state index is 13.6.